The van der Waals surface area contributed by atoms with Crippen LogP contribution in [-0.4, -0.2) is 61.0 Å². The number of H-pyrrole nitrogens is 1. The van der Waals surface area contributed by atoms with Crippen molar-refractivity contribution in [3.63, 3.8) is 0 Å². The minimum absolute atomic E-state index is 0.101. The molecule has 10 heteroatoms. The van der Waals surface area contributed by atoms with Gasteiger partial charge in [-0.2, -0.15) is 5.10 Å². The number of carbonyl (C=O) groups excluding carboxylic acids is 1. The van der Waals surface area contributed by atoms with Gasteiger partial charge in [0.15, 0.2) is 5.82 Å². The third kappa shape index (κ3) is 4.36. The van der Waals surface area contributed by atoms with Crippen molar-refractivity contribution in [2.75, 3.05) is 31.5 Å². The van der Waals surface area contributed by atoms with Crippen molar-refractivity contribution >= 4 is 29.5 Å². The normalized spacial score (nSPS) is 18.1. The molecule has 1 saturated heterocycles. The molecule has 0 radical (unpaired) electrons. The van der Waals surface area contributed by atoms with E-state index in [9.17, 15) is 4.79 Å². The highest BCUT2D eigenvalue weighted by Crippen LogP contribution is 2.39. The first-order chi connectivity index (χ1) is 16.2. The number of fused-ring (bicyclic) bond motifs is 1. The number of rotatable bonds is 6. The van der Waals surface area contributed by atoms with E-state index in [-0.39, 0.29) is 5.91 Å². The van der Waals surface area contributed by atoms with Gasteiger partial charge < -0.3 is 19.8 Å². The minimum atomic E-state index is 0.101. The van der Waals surface area contributed by atoms with Crippen LogP contribution in [-0.2, 0) is 6.54 Å². The van der Waals surface area contributed by atoms with E-state index in [0.717, 1.165) is 54.1 Å². The molecule has 1 aliphatic carbocycles. The number of carbonyl (C=O) groups is 1. The van der Waals surface area contributed by atoms with Gasteiger partial charge in [0.05, 0.1) is 12.7 Å². The Balaban J connectivity index is 1.16. The Morgan fingerprint density at radius 2 is 1.97 bits per heavy atom. The summed E-state index contributed by atoms with van der Waals surface area (Å²) in [4.78, 5) is 20.2. The molecule has 9 nitrogen and oxygen atoms in total. The van der Waals surface area contributed by atoms with E-state index in [0.29, 0.717) is 12.5 Å². The van der Waals surface area contributed by atoms with Gasteiger partial charge in [-0.15, -0.1) is 0 Å². The van der Waals surface area contributed by atoms with Gasteiger partial charge in [0.2, 0.25) is 0 Å². The molecular weight excluding hydrogens is 436 g/mol. The first-order valence-electron chi connectivity index (χ1n) is 11.3. The fourth-order valence-electron chi connectivity index (χ4n) is 4.18. The fourth-order valence-corrected chi connectivity index (χ4v) is 5.05. The lowest BCUT2D eigenvalue weighted by Gasteiger charge is -2.28. The number of hydrogen-bond donors (Lipinski definition) is 3. The predicted molar refractivity (Wildman–Crippen MR) is 127 cm³/mol. The Morgan fingerprint density at radius 1 is 1.15 bits per heavy atom. The molecular formula is C23H26N8OS. The van der Waals surface area contributed by atoms with E-state index >= 15 is 0 Å². The van der Waals surface area contributed by atoms with Crippen LogP contribution in [0.1, 0.15) is 40.6 Å². The largest absolute Gasteiger partial charge is 0.336 e. The highest BCUT2D eigenvalue weighted by molar-refractivity contribution is 7.97. The smallest absolute Gasteiger partial charge is 0.253 e. The molecule has 3 aromatic rings. The van der Waals surface area contributed by atoms with Gasteiger partial charge in [0.1, 0.15) is 11.6 Å². The molecule has 4 heterocycles. The van der Waals surface area contributed by atoms with E-state index in [1.54, 1.807) is 11.9 Å². The third-order valence-corrected chi connectivity index (χ3v) is 7.09. The lowest BCUT2D eigenvalue weighted by molar-refractivity contribution is 0.0735. The van der Waals surface area contributed by atoms with Gasteiger partial charge in [0.25, 0.3) is 5.91 Å². The summed E-state index contributed by atoms with van der Waals surface area (Å²) in [7, 11) is 0. The zero-order chi connectivity index (χ0) is 22.2. The number of piperazine rings is 1. The number of imidazole rings is 1. The average molecular weight is 463 g/mol. The number of nitrogens with zero attached hydrogens (tertiary/aromatic N) is 5. The van der Waals surface area contributed by atoms with E-state index in [4.69, 9.17) is 0 Å². The zero-order valence-electron chi connectivity index (χ0n) is 18.2. The summed E-state index contributed by atoms with van der Waals surface area (Å²) in [5, 5.41) is 14.3. The van der Waals surface area contributed by atoms with Crippen LogP contribution in [0.2, 0.25) is 0 Å². The van der Waals surface area contributed by atoms with Crippen LogP contribution in [0.15, 0.2) is 53.8 Å². The van der Waals surface area contributed by atoms with E-state index < -0.39 is 0 Å². The second-order valence-electron chi connectivity index (χ2n) is 8.57. The Labute approximate surface area is 196 Å². The standard InChI is InChI=1S/C23H26N8OS/c32-23(29-10-7-24-8-11-29)17-3-5-18(6-4-17)33-30-14-21-25-9-12-31(21)22(15-30)26-20-13-19(27-28-20)16-1-2-16/h3-6,9,12-13,15-16,24H,1-2,7-8,10-11,14H2,(H2,26,27,28). The molecule has 1 saturated carbocycles. The van der Waals surface area contributed by atoms with Crippen LogP contribution in [0, 0.1) is 0 Å². The molecule has 33 heavy (non-hydrogen) atoms. The summed E-state index contributed by atoms with van der Waals surface area (Å²) in [5.74, 6) is 3.40. The lowest BCUT2D eigenvalue weighted by Crippen LogP contribution is -2.46. The van der Waals surface area contributed by atoms with Gasteiger partial charge in [-0.3, -0.25) is 14.5 Å². The summed E-state index contributed by atoms with van der Waals surface area (Å²) in [5.41, 5.74) is 1.93. The molecule has 0 spiro atoms. The van der Waals surface area contributed by atoms with Crippen molar-refractivity contribution in [2.45, 2.75) is 30.2 Å². The Kier molecular flexibility index (Phi) is 5.31. The molecule has 3 N–H and O–H groups in total. The van der Waals surface area contributed by atoms with Gasteiger partial charge in [-0.1, -0.05) is 0 Å². The molecule has 2 fully saturated rings. The summed E-state index contributed by atoms with van der Waals surface area (Å²) < 4.78 is 4.20. The molecule has 0 bridgehead atoms. The highest BCUT2D eigenvalue weighted by Gasteiger charge is 2.26. The molecule has 1 amide bonds. The molecule has 0 atom stereocenters. The summed E-state index contributed by atoms with van der Waals surface area (Å²) >= 11 is 1.62. The molecule has 170 valence electrons. The second kappa shape index (κ2) is 8.60. The van der Waals surface area contributed by atoms with Crippen molar-refractivity contribution in [3.05, 3.63) is 66.0 Å². The Morgan fingerprint density at radius 3 is 2.76 bits per heavy atom. The minimum Gasteiger partial charge on any atom is -0.336 e. The van der Waals surface area contributed by atoms with Crippen LogP contribution >= 0.6 is 11.9 Å². The maximum atomic E-state index is 12.7. The number of aromatic amines is 1. The van der Waals surface area contributed by atoms with Gasteiger partial charge in [-0.25, -0.2) is 4.98 Å². The fraction of sp³-hybridized carbons (Fsp3) is 0.348. The van der Waals surface area contributed by atoms with E-state index in [1.165, 1.54) is 18.5 Å². The predicted octanol–water partition coefficient (Wildman–Crippen LogP) is 2.92. The molecule has 2 aromatic heterocycles. The molecule has 1 aromatic carbocycles. The van der Waals surface area contributed by atoms with E-state index in [2.05, 4.69) is 47.0 Å². The maximum absolute atomic E-state index is 12.7. The van der Waals surface area contributed by atoms with Gasteiger partial charge in [-0.05, 0) is 49.1 Å². The van der Waals surface area contributed by atoms with Crippen LogP contribution in [0.5, 0.6) is 0 Å². The summed E-state index contributed by atoms with van der Waals surface area (Å²) in [6.07, 6.45) is 8.32. The summed E-state index contributed by atoms with van der Waals surface area (Å²) in [6.45, 7) is 3.90. The zero-order valence-corrected chi connectivity index (χ0v) is 19.0. The first-order valence-corrected chi connectivity index (χ1v) is 12.1. The average Bonchev–Trinajstić information content (AvgIpc) is 3.40. The van der Waals surface area contributed by atoms with Crippen molar-refractivity contribution in [2.24, 2.45) is 0 Å². The highest BCUT2D eigenvalue weighted by atomic mass is 32.2. The van der Waals surface area contributed by atoms with Crippen molar-refractivity contribution < 1.29 is 4.79 Å². The topological polar surface area (TPSA) is 94.1 Å². The quantitative estimate of drug-likeness (QED) is 0.485. The maximum Gasteiger partial charge on any atom is 0.253 e. The number of amides is 1. The van der Waals surface area contributed by atoms with Gasteiger partial charge in [0, 0.05) is 66.7 Å². The first kappa shape index (κ1) is 20.4. The van der Waals surface area contributed by atoms with Gasteiger partial charge >= 0.3 is 0 Å². The number of benzene rings is 1. The second-order valence-corrected chi connectivity index (χ2v) is 9.69. The SMILES string of the molecule is O=C(c1ccc(SN2C=C(Nc3cc(C4CC4)[nH]n3)n3ccnc3C2)cc1)N1CCNCC1. The number of aromatic nitrogens is 4. The lowest BCUT2D eigenvalue weighted by atomic mass is 10.2. The van der Waals surface area contributed by atoms with Crippen LogP contribution < -0.4 is 10.6 Å². The van der Waals surface area contributed by atoms with Crippen molar-refractivity contribution in [3.8, 4) is 0 Å². The monoisotopic (exact) mass is 462 g/mol. The molecule has 0 unspecified atom stereocenters. The third-order valence-electron chi connectivity index (χ3n) is 6.14. The Hall–Kier alpha value is -3.24. The van der Waals surface area contributed by atoms with Crippen LogP contribution in [0.4, 0.5) is 5.82 Å². The molecule has 3 aliphatic rings. The van der Waals surface area contributed by atoms with E-state index in [1.807, 2.05) is 41.6 Å². The number of nitrogens with one attached hydrogen (secondary N) is 3. The molecule has 6 rings (SSSR count). The van der Waals surface area contributed by atoms with Crippen molar-refractivity contribution in [1.29, 1.82) is 0 Å². The Bertz CT molecular complexity index is 1170. The van der Waals surface area contributed by atoms with Crippen molar-refractivity contribution in [1.82, 2.24) is 34.3 Å². The van der Waals surface area contributed by atoms with Crippen LogP contribution in [0.25, 0.3) is 5.82 Å². The molecule has 2 aliphatic heterocycles. The van der Waals surface area contributed by atoms with Crippen LogP contribution in [0.3, 0.4) is 0 Å². The number of hydrogen-bond acceptors (Lipinski definition) is 7. The number of anilines is 1. The summed E-state index contributed by atoms with van der Waals surface area (Å²) in [6, 6.07) is 9.96.